The number of ketones is 1. The first kappa shape index (κ1) is 26.2. The maximum Gasteiger partial charge on any atom is 0.375 e. The van der Waals surface area contributed by atoms with Crippen molar-refractivity contribution in [3.63, 3.8) is 0 Å². The second kappa shape index (κ2) is 9.91. The van der Waals surface area contributed by atoms with Gasteiger partial charge in [-0.15, -0.1) is 0 Å². The summed E-state index contributed by atoms with van der Waals surface area (Å²) in [5, 5.41) is 0. The van der Waals surface area contributed by atoms with E-state index in [9.17, 15) is 19.2 Å². The molecule has 0 bridgehead atoms. The third-order valence-electron chi connectivity index (χ3n) is 7.52. The third kappa shape index (κ3) is 4.14. The summed E-state index contributed by atoms with van der Waals surface area (Å²) in [6.07, 6.45) is 2.26. The van der Waals surface area contributed by atoms with Crippen LogP contribution in [0.5, 0.6) is 17.2 Å². The Morgan fingerprint density at radius 2 is 1.76 bits per heavy atom. The largest absolute Gasteiger partial charge is 0.487 e. The van der Waals surface area contributed by atoms with Crippen LogP contribution in [0, 0.1) is 11.8 Å². The molecule has 1 aromatic carbocycles. The zero-order chi connectivity index (χ0) is 27.1. The lowest BCUT2D eigenvalue weighted by Crippen LogP contribution is -2.47. The van der Waals surface area contributed by atoms with Crippen LogP contribution in [0.25, 0.3) is 0 Å². The summed E-state index contributed by atoms with van der Waals surface area (Å²) in [7, 11) is 2.33. The van der Waals surface area contributed by atoms with Gasteiger partial charge in [0.1, 0.15) is 18.1 Å². The lowest BCUT2D eigenvalue weighted by atomic mass is 9.63. The summed E-state index contributed by atoms with van der Waals surface area (Å²) < 4.78 is 33.1. The number of methoxy groups -OCH3 is 2. The average molecular weight is 515 g/mol. The van der Waals surface area contributed by atoms with Gasteiger partial charge in [0.25, 0.3) is 5.78 Å². The molecule has 0 aromatic heterocycles. The first-order valence-electron chi connectivity index (χ1n) is 12.0. The molecule has 4 atom stereocenters. The topological polar surface area (TPSA) is 124 Å². The Bertz CT molecular complexity index is 1230. The zero-order valence-electron chi connectivity index (χ0n) is 21.7. The minimum absolute atomic E-state index is 0.0779. The third-order valence-corrected chi connectivity index (χ3v) is 7.52. The highest BCUT2D eigenvalue weighted by molar-refractivity contribution is 6.38. The quantitative estimate of drug-likeness (QED) is 0.251. The molecule has 0 fully saturated rings. The molecule has 0 saturated carbocycles. The molecule has 37 heavy (non-hydrogen) atoms. The van der Waals surface area contributed by atoms with Gasteiger partial charge >= 0.3 is 17.9 Å². The van der Waals surface area contributed by atoms with Crippen molar-refractivity contribution in [2.45, 2.75) is 45.6 Å². The molecule has 10 heteroatoms. The summed E-state index contributed by atoms with van der Waals surface area (Å²) in [5.41, 5.74) is -0.263. The van der Waals surface area contributed by atoms with Crippen molar-refractivity contribution in [2.75, 3.05) is 27.6 Å². The van der Waals surface area contributed by atoms with Crippen molar-refractivity contribution in [1.82, 2.24) is 0 Å². The van der Waals surface area contributed by atoms with Crippen molar-refractivity contribution < 1.29 is 47.6 Å². The number of Topliss-reactive ketones (excluding diaryl/α,β-unsaturated/α-hetero) is 1. The first-order valence-corrected chi connectivity index (χ1v) is 12.0. The van der Waals surface area contributed by atoms with Gasteiger partial charge in [0.05, 0.1) is 14.2 Å². The number of benzene rings is 1. The highest BCUT2D eigenvalue weighted by Gasteiger charge is 2.58. The number of esters is 3. The Kier molecular flexibility index (Phi) is 7.03. The van der Waals surface area contributed by atoms with Gasteiger partial charge in [0.2, 0.25) is 12.5 Å². The van der Waals surface area contributed by atoms with Crippen LogP contribution in [0.15, 0.2) is 29.4 Å². The molecule has 10 nitrogen and oxygen atoms in total. The van der Waals surface area contributed by atoms with Gasteiger partial charge < -0.3 is 28.4 Å². The Morgan fingerprint density at radius 1 is 1.03 bits per heavy atom. The van der Waals surface area contributed by atoms with E-state index in [1.54, 1.807) is 26.0 Å². The number of ether oxygens (including phenoxy) is 6. The number of rotatable bonds is 5. The van der Waals surface area contributed by atoms with E-state index in [0.29, 0.717) is 22.5 Å². The molecular weight excluding hydrogens is 484 g/mol. The molecule has 0 radical (unpaired) electrons. The fourth-order valence-electron chi connectivity index (χ4n) is 5.10. The van der Waals surface area contributed by atoms with Crippen molar-refractivity contribution in [1.29, 1.82) is 0 Å². The van der Waals surface area contributed by atoms with Gasteiger partial charge in [-0.3, -0.25) is 4.79 Å². The second-order valence-corrected chi connectivity index (χ2v) is 9.45. The van der Waals surface area contributed by atoms with E-state index in [2.05, 4.69) is 0 Å². The number of fused-ring (bicyclic) bond motifs is 2. The number of carbonyl (C=O) groups excluding carboxylic acids is 4. The van der Waals surface area contributed by atoms with Crippen LogP contribution in [-0.2, 0) is 38.8 Å². The Labute approximate surface area is 214 Å². The molecule has 198 valence electrons. The van der Waals surface area contributed by atoms with E-state index in [4.69, 9.17) is 28.4 Å². The Morgan fingerprint density at radius 3 is 2.41 bits per heavy atom. The second-order valence-electron chi connectivity index (χ2n) is 9.45. The number of hydrogen-bond acceptors (Lipinski definition) is 10. The lowest BCUT2D eigenvalue weighted by Gasteiger charge is -2.39. The van der Waals surface area contributed by atoms with Crippen molar-refractivity contribution in [3.8, 4) is 17.2 Å². The summed E-state index contributed by atoms with van der Waals surface area (Å²) in [5.74, 6) is -2.87. The summed E-state index contributed by atoms with van der Waals surface area (Å²) >= 11 is 0. The van der Waals surface area contributed by atoms with Crippen LogP contribution in [0.2, 0.25) is 0 Å². The molecular formula is C27H30O10. The van der Waals surface area contributed by atoms with Gasteiger partial charge in [0, 0.05) is 28.7 Å². The zero-order valence-corrected chi connectivity index (χ0v) is 21.7. The molecule has 0 amide bonds. The number of carbonyl (C=O) groups is 4. The smallest absolute Gasteiger partial charge is 0.375 e. The van der Waals surface area contributed by atoms with E-state index < -0.39 is 35.2 Å². The molecule has 0 spiro atoms. The van der Waals surface area contributed by atoms with E-state index in [1.165, 1.54) is 13.2 Å². The maximum atomic E-state index is 13.9. The summed E-state index contributed by atoms with van der Waals surface area (Å²) in [6, 6.07) is 1.66. The van der Waals surface area contributed by atoms with E-state index in [1.807, 2.05) is 13.8 Å². The lowest BCUT2D eigenvalue weighted by molar-refractivity contribution is -0.154. The number of allylic oxidation sites excluding steroid dienone is 1. The SMILES string of the molecule is C/C=C(/C)C(=O)OC1c2cc3c(c4c2[C@](C(=O)C(=O)OC)(CO4)/C(=C\C(=O)OC)C[C@@H](C)[C@H]1C)OCO3. The minimum Gasteiger partial charge on any atom is -0.487 e. The molecule has 1 unspecified atom stereocenters. The highest BCUT2D eigenvalue weighted by atomic mass is 16.7. The summed E-state index contributed by atoms with van der Waals surface area (Å²) in [6.45, 7) is 6.86. The molecule has 0 N–H and O–H groups in total. The van der Waals surface area contributed by atoms with Crippen LogP contribution < -0.4 is 14.2 Å². The molecule has 2 aliphatic heterocycles. The fourth-order valence-corrected chi connectivity index (χ4v) is 5.10. The standard InChI is InChI=1S/C27H30O10/c1-7-13(2)25(30)37-21-15(4)14(3)8-16(9-19(28)32-5)27(24(29)26(31)33-6)11-34-23-20(27)17(21)10-18-22(23)36-12-35-18/h7,9-10,14-15,21H,8,11-12H2,1-6H3/b13-7-,16-9-/t14-,15-,21?,27+/m1/s1. The van der Waals surface area contributed by atoms with Gasteiger partial charge in [0.15, 0.2) is 11.5 Å². The molecule has 1 aliphatic carbocycles. The molecule has 2 heterocycles. The Hall–Kier alpha value is -3.82. The van der Waals surface area contributed by atoms with Crippen molar-refractivity contribution >= 4 is 23.7 Å². The molecule has 1 aromatic rings. The highest BCUT2D eigenvalue weighted by Crippen LogP contribution is 2.59. The molecule has 3 aliphatic rings. The normalized spacial score (nSPS) is 26.9. The van der Waals surface area contributed by atoms with Crippen LogP contribution in [0.4, 0.5) is 0 Å². The van der Waals surface area contributed by atoms with Gasteiger partial charge in [-0.1, -0.05) is 19.9 Å². The van der Waals surface area contributed by atoms with E-state index in [-0.39, 0.29) is 48.7 Å². The monoisotopic (exact) mass is 514 g/mol. The maximum absolute atomic E-state index is 13.9. The average Bonchev–Trinajstić information content (AvgIpc) is 3.53. The van der Waals surface area contributed by atoms with Crippen LogP contribution >= 0.6 is 0 Å². The van der Waals surface area contributed by atoms with Crippen LogP contribution in [-0.4, -0.2) is 51.3 Å². The van der Waals surface area contributed by atoms with Crippen LogP contribution in [0.3, 0.4) is 0 Å². The number of hydrogen-bond donors (Lipinski definition) is 0. The van der Waals surface area contributed by atoms with Crippen molar-refractivity contribution in [3.05, 3.63) is 40.5 Å². The predicted molar refractivity (Wildman–Crippen MR) is 128 cm³/mol. The Balaban J connectivity index is 2.08. The van der Waals surface area contributed by atoms with E-state index >= 15 is 0 Å². The molecule has 4 rings (SSSR count). The van der Waals surface area contributed by atoms with Crippen molar-refractivity contribution in [2.24, 2.45) is 11.8 Å². The van der Waals surface area contributed by atoms with E-state index in [0.717, 1.165) is 7.11 Å². The van der Waals surface area contributed by atoms with Gasteiger partial charge in [-0.05, 0) is 37.8 Å². The van der Waals surface area contributed by atoms with Gasteiger partial charge in [-0.25, -0.2) is 14.4 Å². The predicted octanol–water partition coefficient (Wildman–Crippen LogP) is 3.11. The fraction of sp³-hybridized carbons (Fsp3) is 0.481. The van der Waals surface area contributed by atoms with Crippen LogP contribution in [0.1, 0.15) is 51.3 Å². The summed E-state index contributed by atoms with van der Waals surface area (Å²) in [4.78, 5) is 52.0. The minimum atomic E-state index is -1.73. The van der Waals surface area contributed by atoms with Gasteiger partial charge in [-0.2, -0.15) is 0 Å². The first-order chi connectivity index (χ1) is 17.6. The molecule has 0 saturated heterocycles.